The molecule has 0 aliphatic rings. The van der Waals surface area contributed by atoms with Crippen molar-refractivity contribution in [3.05, 3.63) is 23.0 Å². The van der Waals surface area contributed by atoms with Crippen LogP contribution in [0.25, 0.3) is 0 Å². The fourth-order valence-corrected chi connectivity index (χ4v) is 1.01. The standard InChI is InChI=1S/C8H3ClFNO4/c9-4-1-5(10)6(11-3-12)2-7(4)15-8(13)14/h1-2H,(H,13,14). The molecule has 0 spiro atoms. The highest BCUT2D eigenvalue weighted by Crippen LogP contribution is 2.31. The molecule has 78 valence electrons. The van der Waals surface area contributed by atoms with Gasteiger partial charge in [-0.15, -0.1) is 0 Å². The number of rotatable bonds is 2. The zero-order valence-electron chi connectivity index (χ0n) is 7.03. The van der Waals surface area contributed by atoms with Crippen molar-refractivity contribution in [3.8, 4) is 5.75 Å². The monoisotopic (exact) mass is 231 g/mol. The summed E-state index contributed by atoms with van der Waals surface area (Å²) in [5.74, 6) is -1.18. The number of carboxylic acid groups (broad SMARTS) is 1. The minimum Gasteiger partial charge on any atom is -0.449 e. The number of hydrogen-bond donors (Lipinski definition) is 1. The molecule has 0 aromatic heterocycles. The summed E-state index contributed by atoms with van der Waals surface area (Å²) < 4.78 is 17.2. The van der Waals surface area contributed by atoms with Crippen LogP contribution >= 0.6 is 11.6 Å². The Labute approximate surface area is 87.8 Å². The summed E-state index contributed by atoms with van der Waals surface area (Å²) in [7, 11) is 0. The molecule has 0 unspecified atom stereocenters. The third-order valence-electron chi connectivity index (χ3n) is 1.36. The van der Waals surface area contributed by atoms with Gasteiger partial charge in [0.05, 0.1) is 5.02 Å². The van der Waals surface area contributed by atoms with Crippen LogP contribution in [-0.2, 0) is 4.79 Å². The molecule has 0 atom stereocenters. The van der Waals surface area contributed by atoms with E-state index in [-0.39, 0.29) is 10.8 Å². The Hall–Kier alpha value is -1.91. The van der Waals surface area contributed by atoms with Gasteiger partial charge < -0.3 is 9.84 Å². The van der Waals surface area contributed by atoms with Crippen LogP contribution in [0, 0.1) is 5.82 Å². The van der Waals surface area contributed by atoms with E-state index >= 15 is 0 Å². The molecule has 1 rings (SSSR count). The van der Waals surface area contributed by atoms with E-state index in [1.165, 1.54) is 0 Å². The topological polar surface area (TPSA) is 76.0 Å². The molecular weight excluding hydrogens is 229 g/mol. The van der Waals surface area contributed by atoms with Crippen LogP contribution in [0.2, 0.25) is 5.02 Å². The van der Waals surface area contributed by atoms with E-state index in [9.17, 15) is 14.0 Å². The molecule has 5 nitrogen and oxygen atoms in total. The summed E-state index contributed by atoms with van der Waals surface area (Å²) in [6.07, 6.45) is -0.493. The molecule has 15 heavy (non-hydrogen) atoms. The van der Waals surface area contributed by atoms with Crippen LogP contribution < -0.4 is 4.74 Å². The van der Waals surface area contributed by atoms with E-state index in [1.807, 2.05) is 0 Å². The maximum absolute atomic E-state index is 13.0. The first-order valence-corrected chi connectivity index (χ1v) is 3.90. The predicted molar refractivity (Wildman–Crippen MR) is 47.8 cm³/mol. The minimum atomic E-state index is -1.61. The average molecular weight is 232 g/mol. The number of benzene rings is 1. The summed E-state index contributed by atoms with van der Waals surface area (Å²) >= 11 is 5.48. The largest absolute Gasteiger partial charge is 0.511 e. The van der Waals surface area contributed by atoms with E-state index in [2.05, 4.69) is 9.73 Å². The Morgan fingerprint density at radius 1 is 1.60 bits per heavy atom. The van der Waals surface area contributed by atoms with Crippen LogP contribution in [0.3, 0.4) is 0 Å². The van der Waals surface area contributed by atoms with E-state index < -0.39 is 17.7 Å². The lowest BCUT2D eigenvalue weighted by molar-refractivity contribution is 0.144. The number of ether oxygens (including phenoxy) is 1. The van der Waals surface area contributed by atoms with Crippen LogP contribution in [0.5, 0.6) is 5.75 Å². The molecule has 0 aliphatic carbocycles. The van der Waals surface area contributed by atoms with Gasteiger partial charge in [0.1, 0.15) is 5.69 Å². The molecule has 0 bridgehead atoms. The number of carbonyl (C=O) groups is 1. The van der Waals surface area contributed by atoms with E-state index in [4.69, 9.17) is 16.7 Å². The van der Waals surface area contributed by atoms with Crippen LogP contribution in [0.1, 0.15) is 0 Å². The second-order valence-corrected chi connectivity index (χ2v) is 2.71. The molecule has 0 fully saturated rings. The average Bonchev–Trinajstić information content (AvgIpc) is 2.12. The third-order valence-corrected chi connectivity index (χ3v) is 1.66. The number of hydrogen-bond acceptors (Lipinski definition) is 4. The Morgan fingerprint density at radius 3 is 2.80 bits per heavy atom. The number of aliphatic imine (C=N–C) groups is 1. The van der Waals surface area contributed by atoms with Gasteiger partial charge in [0.25, 0.3) is 0 Å². The fourth-order valence-electron chi connectivity index (χ4n) is 0.826. The number of carbonyl (C=O) groups excluding carboxylic acids is 1. The molecule has 7 heteroatoms. The maximum atomic E-state index is 13.0. The van der Waals surface area contributed by atoms with Gasteiger partial charge in [0.15, 0.2) is 11.6 Å². The van der Waals surface area contributed by atoms with Crippen molar-refractivity contribution in [2.24, 2.45) is 4.99 Å². The van der Waals surface area contributed by atoms with Crippen molar-refractivity contribution in [1.29, 1.82) is 0 Å². The summed E-state index contributed by atoms with van der Waals surface area (Å²) in [6, 6.07) is 1.67. The summed E-state index contributed by atoms with van der Waals surface area (Å²) in [6.45, 7) is 0. The molecule has 1 aromatic rings. The van der Waals surface area contributed by atoms with Crippen molar-refractivity contribution in [2.75, 3.05) is 0 Å². The second-order valence-electron chi connectivity index (χ2n) is 2.31. The van der Waals surface area contributed by atoms with Crippen molar-refractivity contribution < 1.29 is 23.8 Å². The van der Waals surface area contributed by atoms with E-state index in [1.54, 1.807) is 0 Å². The Morgan fingerprint density at radius 2 is 2.27 bits per heavy atom. The minimum absolute atomic E-state index is 0.236. The first-order valence-electron chi connectivity index (χ1n) is 3.52. The highest BCUT2D eigenvalue weighted by atomic mass is 35.5. The lowest BCUT2D eigenvalue weighted by Crippen LogP contribution is -2.03. The Kier molecular flexibility index (Phi) is 3.38. The van der Waals surface area contributed by atoms with Gasteiger partial charge in [0.2, 0.25) is 6.08 Å². The zero-order chi connectivity index (χ0) is 11.4. The lowest BCUT2D eigenvalue weighted by atomic mass is 10.3. The Balaban J connectivity index is 3.22. The maximum Gasteiger partial charge on any atom is 0.511 e. The van der Waals surface area contributed by atoms with Crippen molar-refractivity contribution in [2.45, 2.75) is 0 Å². The van der Waals surface area contributed by atoms with Gasteiger partial charge in [-0.2, -0.15) is 4.99 Å². The molecule has 1 N–H and O–H groups in total. The van der Waals surface area contributed by atoms with Gasteiger partial charge in [-0.05, 0) is 6.07 Å². The third kappa shape index (κ3) is 2.77. The SMILES string of the molecule is O=C=Nc1cc(OC(=O)O)c(Cl)cc1F. The van der Waals surface area contributed by atoms with Crippen LogP contribution in [0.4, 0.5) is 14.9 Å². The van der Waals surface area contributed by atoms with E-state index in [0.29, 0.717) is 0 Å². The highest BCUT2D eigenvalue weighted by molar-refractivity contribution is 6.32. The molecule has 0 radical (unpaired) electrons. The van der Waals surface area contributed by atoms with Crippen LogP contribution in [-0.4, -0.2) is 17.3 Å². The second kappa shape index (κ2) is 4.54. The lowest BCUT2D eigenvalue weighted by Gasteiger charge is -2.03. The molecule has 0 saturated heterocycles. The molecule has 0 heterocycles. The van der Waals surface area contributed by atoms with Gasteiger partial charge in [-0.25, -0.2) is 14.0 Å². The van der Waals surface area contributed by atoms with Gasteiger partial charge in [-0.1, -0.05) is 11.6 Å². The smallest absolute Gasteiger partial charge is 0.449 e. The number of isocyanates is 1. The van der Waals surface area contributed by atoms with Gasteiger partial charge in [-0.3, -0.25) is 0 Å². The van der Waals surface area contributed by atoms with Crippen molar-refractivity contribution in [1.82, 2.24) is 0 Å². The summed E-state index contributed by atoms with van der Waals surface area (Å²) in [4.78, 5) is 23.1. The van der Waals surface area contributed by atoms with Gasteiger partial charge in [0, 0.05) is 6.07 Å². The predicted octanol–water partition coefficient (Wildman–Crippen LogP) is 2.50. The van der Waals surface area contributed by atoms with Crippen molar-refractivity contribution >= 4 is 29.5 Å². The summed E-state index contributed by atoms with van der Waals surface area (Å²) in [5.41, 5.74) is -0.398. The zero-order valence-corrected chi connectivity index (χ0v) is 7.79. The van der Waals surface area contributed by atoms with Crippen LogP contribution in [0.15, 0.2) is 17.1 Å². The van der Waals surface area contributed by atoms with Gasteiger partial charge >= 0.3 is 6.16 Å². The number of halogens is 2. The van der Waals surface area contributed by atoms with Crippen molar-refractivity contribution in [3.63, 3.8) is 0 Å². The molecular formula is C8H3ClFNO4. The highest BCUT2D eigenvalue weighted by Gasteiger charge is 2.11. The quantitative estimate of drug-likeness (QED) is 0.367. The first-order chi connectivity index (χ1) is 7.04. The normalized spacial score (nSPS) is 9.20. The summed E-state index contributed by atoms with van der Waals surface area (Å²) in [5, 5.41) is 8.06. The molecule has 0 saturated carbocycles. The molecule has 1 aromatic carbocycles. The molecule has 0 aliphatic heterocycles. The molecule has 0 amide bonds. The van der Waals surface area contributed by atoms with E-state index in [0.717, 1.165) is 18.2 Å². The fraction of sp³-hybridized carbons (Fsp3) is 0. The number of nitrogens with zero attached hydrogens (tertiary/aromatic N) is 1. The Bertz CT molecular complexity index is 456. The first kappa shape index (κ1) is 11.2.